The van der Waals surface area contributed by atoms with Gasteiger partial charge < -0.3 is 9.84 Å². The van der Waals surface area contributed by atoms with E-state index in [1.54, 1.807) is 12.1 Å². The molecule has 0 fully saturated rings. The largest absolute Gasteiger partial charge is 0.334 e. The molecule has 1 N–H and O–H groups in total. The van der Waals surface area contributed by atoms with Gasteiger partial charge in [-0.25, -0.2) is 4.39 Å². The number of para-hydroxylation sites is 1. The molecule has 1 amide bonds. The Labute approximate surface area is 178 Å². The van der Waals surface area contributed by atoms with Crippen molar-refractivity contribution in [3.05, 3.63) is 59.2 Å². The Morgan fingerprint density at radius 2 is 2.00 bits per heavy atom. The van der Waals surface area contributed by atoms with E-state index in [2.05, 4.69) is 15.5 Å². The number of nitrogens with zero attached hydrogens (tertiary/aromatic N) is 2. The molecule has 1 aromatic heterocycles. The van der Waals surface area contributed by atoms with E-state index in [1.807, 2.05) is 32.9 Å². The summed E-state index contributed by atoms with van der Waals surface area (Å²) in [7, 11) is 0. The van der Waals surface area contributed by atoms with Crippen molar-refractivity contribution in [3.63, 3.8) is 0 Å². The molecule has 0 spiro atoms. The SMILES string of the molecule is CC(=O)c1ccc(SCC(=O)Nc2c(C)cccc2-c2nc(C(C)C)no2)c(F)c1. The van der Waals surface area contributed by atoms with Crippen molar-refractivity contribution >= 4 is 29.1 Å². The van der Waals surface area contributed by atoms with E-state index in [1.165, 1.54) is 19.1 Å². The molecule has 30 heavy (non-hydrogen) atoms. The van der Waals surface area contributed by atoms with E-state index >= 15 is 0 Å². The maximum atomic E-state index is 14.2. The minimum absolute atomic E-state index is 0.00515. The van der Waals surface area contributed by atoms with Crippen molar-refractivity contribution in [3.8, 4) is 11.5 Å². The highest BCUT2D eigenvalue weighted by Gasteiger charge is 2.18. The third kappa shape index (κ3) is 4.94. The molecule has 3 aromatic rings. The molecule has 0 radical (unpaired) electrons. The van der Waals surface area contributed by atoms with Crippen LogP contribution in [0, 0.1) is 12.7 Å². The van der Waals surface area contributed by atoms with E-state index in [0.717, 1.165) is 17.3 Å². The van der Waals surface area contributed by atoms with Crippen molar-refractivity contribution in [1.82, 2.24) is 10.1 Å². The molecule has 6 nitrogen and oxygen atoms in total. The Hall–Kier alpha value is -3.00. The average molecular weight is 428 g/mol. The summed E-state index contributed by atoms with van der Waals surface area (Å²) in [6, 6.07) is 9.76. The van der Waals surface area contributed by atoms with Gasteiger partial charge in [0.25, 0.3) is 5.89 Å². The number of amides is 1. The number of ketones is 1. The first-order valence-electron chi connectivity index (χ1n) is 9.43. The number of hydrogen-bond acceptors (Lipinski definition) is 6. The fraction of sp³-hybridized carbons (Fsp3) is 0.273. The smallest absolute Gasteiger partial charge is 0.260 e. The van der Waals surface area contributed by atoms with E-state index < -0.39 is 5.82 Å². The normalized spacial score (nSPS) is 11.0. The molecule has 156 valence electrons. The van der Waals surface area contributed by atoms with Crippen LogP contribution in [0.4, 0.5) is 10.1 Å². The highest BCUT2D eigenvalue weighted by atomic mass is 32.2. The monoisotopic (exact) mass is 427 g/mol. The molecule has 8 heteroatoms. The summed E-state index contributed by atoms with van der Waals surface area (Å²) in [6.45, 7) is 7.17. The number of aryl methyl sites for hydroxylation is 1. The van der Waals surface area contributed by atoms with Gasteiger partial charge in [0, 0.05) is 16.4 Å². The zero-order valence-electron chi connectivity index (χ0n) is 17.2. The van der Waals surface area contributed by atoms with Gasteiger partial charge in [0.15, 0.2) is 11.6 Å². The Bertz CT molecular complexity index is 1090. The van der Waals surface area contributed by atoms with Gasteiger partial charge in [-0.05, 0) is 37.6 Å². The molecule has 0 bridgehead atoms. The lowest BCUT2D eigenvalue weighted by Crippen LogP contribution is -2.15. The van der Waals surface area contributed by atoms with Crippen molar-refractivity contribution in [2.24, 2.45) is 0 Å². The number of nitrogens with one attached hydrogen (secondary N) is 1. The average Bonchev–Trinajstić information content (AvgIpc) is 3.19. The lowest BCUT2D eigenvalue weighted by atomic mass is 10.1. The highest BCUT2D eigenvalue weighted by molar-refractivity contribution is 8.00. The van der Waals surface area contributed by atoms with E-state index in [-0.39, 0.29) is 23.4 Å². The number of Topliss-reactive ketones (excluding diaryl/α,β-unsaturated/α-hetero) is 1. The molecular formula is C22H22FN3O3S. The number of carbonyl (C=O) groups excluding carboxylic acids is 2. The number of anilines is 1. The quantitative estimate of drug-likeness (QED) is 0.410. The van der Waals surface area contributed by atoms with Crippen LogP contribution in [0.2, 0.25) is 0 Å². The summed E-state index contributed by atoms with van der Waals surface area (Å²) in [4.78, 5) is 28.6. The van der Waals surface area contributed by atoms with Gasteiger partial charge in [-0.15, -0.1) is 11.8 Å². The Kier molecular flexibility index (Phi) is 6.66. The summed E-state index contributed by atoms with van der Waals surface area (Å²) in [6.07, 6.45) is 0. The number of carbonyl (C=O) groups is 2. The number of hydrogen-bond donors (Lipinski definition) is 1. The van der Waals surface area contributed by atoms with E-state index in [0.29, 0.717) is 33.4 Å². The summed E-state index contributed by atoms with van der Waals surface area (Å²) in [5.74, 6) is 0.00640. The fourth-order valence-corrected chi connectivity index (χ4v) is 3.47. The van der Waals surface area contributed by atoms with E-state index in [4.69, 9.17) is 4.52 Å². The molecule has 0 saturated heterocycles. The molecule has 0 aliphatic rings. The predicted molar refractivity (Wildman–Crippen MR) is 114 cm³/mol. The van der Waals surface area contributed by atoms with Crippen molar-refractivity contribution in [2.75, 3.05) is 11.1 Å². The van der Waals surface area contributed by atoms with Crippen LogP contribution in [-0.4, -0.2) is 27.6 Å². The zero-order chi connectivity index (χ0) is 21.8. The first kappa shape index (κ1) is 21.7. The second kappa shape index (κ2) is 9.21. The second-order valence-corrected chi connectivity index (χ2v) is 8.17. The van der Waals surface area contributed by atoms with Crippen LogP contribution in [0.1, 0.15) is 48.4 Å². The van der Waals surface area contributed by atoms with Crippen LogP contribution in [0.15, 0.2) is 45.8 Å². The second-order valence-electron chi connectivity index (χ2n) is 7.15. The number of halogens is 1. The van der Waals surface area contributed by atoms with Crippen LogP contribution in [0.25, 0.3) is 11.5 Å². The van der Waals surface area contributed by atoms with Gasteiger partial charge >= 0.3 is 0 Å². The molecule has 0 atom stereocenters. The third-order valence-electron chi connectivity index (χ3n) is 4.42. The fourth-order valence-electron chi connectivity index (χ4n) is 2.75. The predicted octanol–water partition coefficient (Wildman–Crippen LogP) is 5.24. The van der Waals surface area contributed by atoms with Crippen molar-refractivity contribution in [1.29, 1.82) is 0 Å². The molecule has 2 aromatic carbocycles. The topological polar surface area (TPSA) is 85.1 Å². The standard InChI is InChI=1S/C22H22FN3O3S/c1-12(2)21-25-22(29-26-21)16-7-5-6-13(3)20(16)24-19(28)11-30-18-9-8-15(14(4)27)10-17(18)23/h5-10,12H,11H2,1-4H3,(H,24,28). The lowest BCUT2D eigenvalue weighted by molar-refractivity contribution is -0.113. The molecule has 0 aliphatic heterocycles. The molecule has 0 unspecified atom stereocenters. The van der Waals surface area contributed by atoms with Gasteiger partial charge in [0.1, 0.15) is 5.82 Å². The number of rotatable bonds is 7. The first-order valence-corrected chi connectivity index (χ1v) is 10.4. The van der Waals surface area contributed by atoms with Gasteiger partial charge in [0.05, 0.1) is 17.0 Å². The zero-order valence-corrected chi connectivity index (χ0v) is 18.0. The van der Waals surface area contributed by atoms with Crippen molar-refractivity contribution < 1.29 is 18.5 Å². The number of benzene rings is 2. The highest BCUT2D eigenvalue weighted by Crippen LogP contribution is 2.31. The third-order valence-corrected chi connectivity index (χ3v) is 5.47. The maximum absolute atomic E-state index is 14.2. The van der Waals surface area contributed by atoms with Crippen molar-refractivity contribution in [2.45, 2.75) is 38.5 Å². The van der Waals surface area contributed by atoms with Crippen LogP contribution in [0.5, 0.6) is 0 Å². The minimum Gasteiger partial charge on any atom is -0.334 e. The van der Waals surface area contributed by atoms with Gasteiger partial charge in [-0.3, -0.25) is 9.59 Å². The Balaban J connectivity index is 1.75. The summed E-state index contributed by atoms with van der Waals surface area (Å²) < 4.78 is 19.5. The minimum atomic E-state index is -0.524. The Morgan fingerprint density at radius 1 is 1.23 bits per heavy atom. The molecule has 3 rings (SSSR count). The van der Waals surface area contributed by atoms with Crippen LogP contribution >= 0.6 is 11.8 Å². The van der Waals surface area contributed by atoms with Gasteiger partial charge in [-0.1, -0.05) is 37.2 Å². The lowest BCUT2D eigenvalue weighted by Gasteiger charge is -2.12. The first-order chi connectivity index (χ1) is 14.3. The van der Waals surface area contributed by atoms with Gasteiger partial charge in [-0.2, -0.15) is 4.98 Å². The number of aromatic nitrogens is 2. The molecule has 0 aliphatic carbocycles. The van der Waals surface area contributed by atoms with Gasteiger partial charge in [0.2, 0.25) is 5.91 Å². The molecular weight excluding hydrogens is 405 g/mol. The van der Waals surface area contributed by atoms with E-state index in [9.17, 15) is 14.0 Å². The molecule has 0 saturated carbocycles. The number of thioether (sulfide) groups is 1. The van der Waals surface area contributed by atoms with Crippen LogP contribution < -0.4 is 5.32 Å². The van der Waals surface area contributed by atoms with Crippen LogP contribution in [-0.2, 0) is 4.79 Å². The van der Waals surface area contributed by atoms with Crippen LogP contribution in [0.3, 0.4) is 0 Å². The maximum Gasteiger partial charge on any atom is 0.260 e. The summed E-state index contributed by atoms with van der Waals surface area (Å²) >= 11 is 1.06. The summed E-state index contributed by atoms with van der Waals surface area (Å²) in [5.41, 5.74) is 2.34. The summed E-state index contributed by atoms with van der Waals surface area (Å²) in [5, 5.41) is 6.85. The molecule has 1 heterocycles. The Morgan fingerprint density at radius 3 is 2.63 bits per heavy atom.